The van der Waals surface area contributed by atoms with E-state index in [1.807, 2.05) is 12.1 Å². The van der Waals surface area contributed by atoms with Crippen molar-refractivity contribution in [1.82, 2.24) is 4.90 Å². The second-order valence-corrected chi connectivity index (χ2v) is 9.22. The van der Waals surface area contributed by atoms with Crippen molar-refractivity contribution in [2.45, 2.75) is 36.8 Å². The lowest BCUT2D eigenvalue weighted by atomic mass is 10.1. The number of carbonyl (C=O) groups is 1. The highest BCUT2D eigenvalue weighted by molar-refractivity contribution is 8.01. The van der Waals surface area contributed by atoms with Crippen LogP contribution in [-0.4, -0.2) is 48.8 Å². The van der Waals surface area contributed by atoms with E-state index in [4.69, 9.17) is 0 Å². The van der Waals surface area contributed by atoms with Crippen molar-refractivity contribution in [2.24, 2.45) is 0 Å². The Labute approximate surface area is 176 Å². The van der Waals surface area contributed by atoms with Gasteiger partial charge in [-0.1, -0.05) is 0 Å². The number of anilines is 2. The quantitative estimate of drug-likeness (QED) is 0.785. The third kappa shape index (κ3) is 4.75. The number of carbonyl (C=O) groups excluding carboxylic acids is 1. The van der Waals surface area contributed by atoms with E-state index in [1.165, 1.54) is 28.2 Å². The average molecular weight is 414 g/mol. The van der Waals surface area contributed by atoms with Crippen LogP contribution in [0.25, 0.3) is 0 Å². The number of aryl methyl sites for hydroxylation is 2. The Hall–Kier alpha value is -2.05. The summed E-state index contributed by atoms with van der Waals surface area (Å²) in [4.78, 5) is 18.4. The fourth-order valence-electron chi connectivity index (χ4n) is 3.98. The molecule has 0 saturated carbocycles. The zero-order valence-corrected chi connectivity index (χ0v) is 17.9. The summed E-state index contributed by atoms with van der Waals surface area (Å²) < 4.78 is 13.1. The van der Waals surface area contributed by atoms with Gasteiger partial charge < -0.3 is 10.2 Å². The number of nitrogens with one attached hydrogen (secondary N) is 1. The fraction of sp³-hybridized carbons (Fsp3) is 0.435. The first-order valence-corrected chi connectivity index (χ1v) is 11.2. The first kappa shape index (κ1) is 20.2. The molecule has 2 aromatic rings. The van der Waals surface area contributed by atoms with Gasteiger partial charge in [-0.15, -0.1) is 11.8 Å². The molecule has 1 saturated heterocycles. The molecular formula is C23H28FN3OS. The van der Waals surface area contributed by atoms with Gasteiger partial charge in [-0.05, 0) is 80.8 Å². The van der Waals surface area contributed by atoms with Crippen LogP contribution < -0.4 is 10.2 Å². The monoisotopic (exact) mass is 413 g/mol. The van der Waals surface area contributed by atoms with Crippen molar-refractivity contribution >= 4 is 29.0 Å². The van der Waals surface area contributed by atoms with E-state index >= 15 is 0 Å². The van der Waals surface area contributed by atoms with Crippen LogP contribution in [0, 0.1) is 19.7 Å². The Kier molecular flexibility index (Phi) is 6.11. The molecule has 2 aliphatic heterocycles. The molecule has 1 unspecified atom stereocenters. The number of benzene rings is 2. The van der Waals surface area contributed by atoms with E-state index in [0.717, 1.165) is 56.9 Å². The lowest BCUT2D eigenvalue weighted by molar-refractivity contribution is -0.115. The number of fused-ring (bicyclic) bond motifs is 1. The van der Waals surface area contributed by atoms with Gasteiger partial charge in [0.15, 0.2) is 0 Å². The van der Waals surface area contributed by atoms with Crippen LogP contribution in [0.4, 0.5) is 15.8 Å². The molecule has 6 heteroatoms. The van der Waals surface area contributed by atoms with Crippen LogP contribution in [-0.2, 0) is 4.79 Å². The molecule has 1 atom stereocenters. The molecule has 2 heterocycles. The Morgan fingerprint density at radius 3 is 2.48 bits per heavy atom. The number of amides is 1. The molecule has 154 valence electrons. The largest absolute Gasteiger partial charge is 0.369 e. The molecule has 0 bridgehead atoms. The number of hydrogen-bond donors (Lipinski definition) is 1. The van der Waals surface area contributed by atoms with Gasteiger partial charge in [-0.25, -0.2) is 4.39 Å². The van der Waals surface area contributed by atoms with Gasteiger partial charge in [-0.2, -0.15) is 0 Å². The van der Waals surface area contributed by atoms with Gasteiger partial charge in [0.25, 0.3) is 0 Å². The van der Waals surface area contributed by atoms with Crippen LogP contribution in [0.5, 0.6) is 0 Å². The third-order valence-electron chi connectivity index (χ3n) is 5.92. The second-order valence-electron chi connectivity index (χ2n) is 7.98. The van der Waals surface area contributed by atoms with Gasteiger partial charge in [0, 0.05) is 36.8 Å². The predicted octanol–water partition coefficient (Wildman–Crippen LogP) is 4.46. The van der Waals surface area contributed by atoms with Crippen molar-refractivity contribution < 1.29 is 9.18 Å². The summed E-state index contributed by atoms with van der Waals surface area (Å²) >= 11 is 1.70. The molecule has 0 radical (unpaired) electrons. The number of thioether (sulfide) groups is 1. The van der Waals surface area contributed by atoms with E-state index in [0.29, 0.717) is 0 Å². The Morgan fingerprint density at radius 2 is 1.76 bits per heavy atom. The highest BCUT2D eigenvalue weighted by Crippen LogP contribution is 2.38. The number of halogens is 1. The summed E-state index contributed by atoms with van der Waals surface area (Å²) in [6.07, 6.45) is 1.91. The highest BCUT2D eigenvalue weighted by Gasteiger charge is 2.27. The molecule has 2 aliphatic rings. The summed E-state index contributed by atoms with van der Waals surface area (Å²) in [5.74, 6) is -0.0585. The minimum absolute atomic E-state index is 0.00916. The van der Waals surface area contributed by atoms with Crippen LogP contribution in [0.3, 0.4) is 0 Å². The molecule has 1 amide bonds. The van der Waals surface area contributed by atoms with Crippen LogP contribution in [0.2, 0.25) is 0 Å². The van der Waals surface area contributed by atoms with Crippen molar-refractivity contribution in [1.29, 1.82) is 0 Å². The molecule has 1 fully saturated rings. The molecule has 4 nitrogen and oxygen atoms in total. The van der Waals surface area contributed by atoms with Crippen molar-refractivity contribution in [2.75, 3.05) is 42.9 Å². The van der Waals surface area contributed by atoms with Gasteiger partial charge in [0.1, 0.15) is 5.82 Å². The average Bonchev–Trinajstić information content (AvgIpc) is 2.71. The summed E-state index contributed by atoms with van der Waals surface area (Å²) in [6, 6.07) is 11.0. The SMILES string of the molecule is Cc1cc2c(cc1C)SC(CCCN1CCN(c3ccc(F)cc3)CC1)C(=O)N2. The lowest BCUT2D eigenvalue weighted by Gasteiger charge is -2.36. The summed E-state index contributed by atoms with van der Waals surface area (Å²) in [7, 11) is 0. The van der Waals surface area contributed by atoms with Gasteiger partial charge in [0.2, 0.25) is 5.91 Å². The number of nitrogens with zero attached hydrogens (tertiary/aromatic N) is 2. The lowest BCUT2D eigenvalue weighted by Crippen LogP contribution is -2.46. The predicted molar refractivity (Wildman–Crippen MR) is 118 cm³/mol. The maximum absolute atomic E-state index is 13.1. The minimum atomic E-state index is -0.190. The summed E-state index contributed by atoms with van der Waals surface area (Å²) in [5, 5.41) is 3.08. The number of rotatable bonds is 5. The van der Waals surface area contributed by atoms with Crippen LogP contribution in [0.15, 0.2) is 41.3 Å². The number of piperazine rings is 1. The van der Waals surface area contributed by atoms with Crippen LogP contribution >= 0.6 is 11.8 Å². The smallest absolute Gasteiger partial charge is 0.237 e. The molecule has 4 rings (SSSR count). The van der Waals surface area contributed by atoms with Crippen molar-refractivity contribution in [3.05, 3.63) is 53.3 Å². The van der Waals surface area contributed by atoms with Crippen molar-refractivity contribution in [3.63, 3.8) is 0 Å². The van der Waals surface area contributed by atoms with E-state index in [1.54, 1.807) is 11.8 Å². The van der Waals surface area contributed by atoms with E-state index in [9.17, 15) is 9.18 Å². The van der Waals surface area contributed by atoms with E-state index in [-0.39, 0.29) is 17.0 Å². The van der Waals surface area contributed by atoms with Gasteiger partial charge >= 0.3 is 0 Å². The third-order valence-corrected chi connectivity index (χ3v) is 7.25. The number of hydrogen-bond acceptors (Lipinski definition) is 4. The zero-order valence-electron chi connectivity index (χ0n) is 17.1. The zero-order chi connectivity index (χ0) is 20.4. The van der Waals surface area contributed by atoms with E-state index < -0.39 is 0 Å². The minimum Gasteiger partial charge on any atom is -0.369 e. The van der Waals surface area contributed by atoms with E-state index in [2.05, 4.69) is 41.1 Å². The fourth-order valence-corrected chi connectivity index (χ4v) is 5.22. The molecule has 0 spiro atoms. The first-order chi connectivity index (χ1) is 14.0. The van der Waals surface area contributed by atoms with Gasteiger partial charge in [0.05, 0.1) is 10.9 Å². The van der Waals surface area contributed by atoms with Crippen molar-refractivity contribution in [3.8, 4) is 0 Å². The maximum atomic E-state index is 13.1. The normalized spacial score (nSPS) is 19.8. The Bertz CT molecular complexity index is 878. The summed E-state index contributed by atoms with van der Waals surface area (Å²) in [6.45, 7) is 9.13. The molecular weight excluding hydrogens is 385 g/mol. The van der Waals surface area contributed by atoms with Crippen LogP contribution in [0.1, 0.15) is 24.0 Å². The molecule has 1 N–H and O–H groups in total. The molecule has 0 aliphatic carbocycles. The maximum Gasteiger partial charge on any atom is 0.237 e. The summed E-state index contributed by atoms with van der Waals surface area (Å²) in [5.41, 5.74) is 4.52. The molecule has 0 aromatic heterocycles. The highest BCUT2D eigenvalue weighted by atomic mass is 32.2. The molecule has 2 aromatic carbocycles. The Morgan fingerprint density at radius 1 is 1.07 bits per heavy atom. The Balaban J connectivity index is 1.24. The topological polar surface area (TPSA) is 35.6 Å². The molecule has 29 heavy (non-hydrogen) atoms. The second kappa shape index (κ2) is 8.76. The van der Waals surface area contributed by atoms with Gasteiger partial charge in [-0.3, -0.25) is 9.69 Å². The first-order valence-electron chi connectivity index (χ1n) is 10.3. The standard InChI is InChI=1S/C23H28FN3OS/c1-16-14-20-22(15-17(16)2)29-21(23(28)25-20)4-3-9-26-10-12-27(13-11-26)19-7-5-18(24)6-8-19/h5-8,14-15,21H,3-4,9-13H2,1-2H3,(H,25,28).